The molecule has 0 saturated carbocycles. The molecule has 1 aliphatic heterocycles. The molecule has 1 fully saturated rings. The number of aromatic nitrogens is 1. The number of alkyl halides is 6. The van der Waals surface area contributed by atoms with E-state index < -0.39 is 58.4 Å². The van der Waals surface area contributed by atoms with Crippen molar-refractivity contribution >= 4 is 17.7 Å². The average molecular weight is 669 g/mol. The zero-order valence-electron chi connectivity index (χ0n) is 26.6. The molecule has 1 saturated heterocycles. The normalized spacial score (nSPS) is 16.1. The fourth-order valence-electron chi connectivity index (χ4n) is 5.53. The van der Waals surface area contributed by atoms with Crippen LogP contribution < -0.4 is 10.2 Å². The smallest absolute Gasteiger partial charge is 0.416 e. The van der Waals surface area contributed by atoms with Crippen LogP contribution in [0.1, 0.15) is 60.7 Å². The van der Waals surface area contributed by atoms with Gasteiger partial charge in [0, 0.05) is 26.7 Å². The lowest BCUT2D eigenvalue weighted by atomic mass is 9.81. The molecule has 2 amide bonds. The maximum Gasteiger partial charge on any atom is 0.416 e. The highest BCUT2D eigenvalue weighted by molar-refractivity contribution is 6.03. The zero-order valence-corrected chi connectivity index (χ0v) is 26.6. The van der Waals surface area contributed by atoms with Crippen molar-refractivity contribution in [3.8, 4) is 11.1 Å². The van der Waals surface area contributed by atoms with Gasteiger partial charge in [-0.25, -0.2) is 9.18 Å². The number of amides is 2. The molecule has 1 aliphatic rings. The first-order valence-electron chi connectivity index (χ1n) is 14.7. The Labute approximate surface area is 267 Å². The summed E-state index contributed by atoms with van der Waals surface area (Å²) >= 11 is 0. The maximum absolute atomic E-state index is 14.2. The van der Waals surface area contributed by atoms with Crippen LogP contribution in [0.25, 0.3) is 11.1 Å². The number of carbonyl (C=O) groups excluding carboxylic acids is 2. The van der Waals surface area contributed by atoms with Gasteiger partial charge in [-0.05, 0) is 93.2 Å². The number of carbonyl (C=O) groups is 2. The van der Waals surface area contributed by atoms with E-state index in [9.17, 15) is 40.3 Å². The Kier molecular flexibility index (Phi) is 9.96. The van der Waals surface area contributed by atoms with Gasteiger partial charge in [-0.2, -0.15) is 26.3 Å². The Morgan fingerprint density at radius 3 is 2.02 bits per heavy atom. The zero-order chi connectivity index (χ0) is 35.1. The third-order valence-corrected chi connectivity index (χ3v) is 8.24. The Morgan fingerprint density at radius 1 is 0.915 bits per heavy atom. The van der Waals surface area contributed by atoms with E-state index in [1.54, 1.807) is 13.0 Å². The predicted octanol–water partition coefficient (Wildman–Crippen LogP) is 7.67. The van der Waals surface area contributed by atoms with Crippen LogP contribution in [0.2, 0.25) is 0 Å². The van der Waals surface area contributed by atoms with Crippen molar-refractivity contribution in [1.29, 1.82) is 0 Å². The molecule has 4 rings (SSSR count). The maximum atomic E-state index is 14.2. The number of aryl methyl sites for hydroxylation is 1. The van der Waals surface area contributed by atoms with E-state index in [1.165, 1.54) is 64.3 Å². The van der Waals surface area contributed by atoms with Gasteiger partial charge in [-0.15, -0.1) is 0 Å². The standard InChI is InChI=1S/C33H35F7N4O3/c1-18-12-22(34)9-10-23(18)24-16-26(28(25-8-7-11-41-25)47-30(46)43(4)5)42-17-27(24)44(6)29(45)31(2,3)19-13-20(32(35,36)37)15-21(14-19)33(38,39)40/h9-10,12-17,25,28,41H,7-8,11H2,1-6H3. The van der Waals surface area contributed by atoms with Gasteiger partial charge in [-0.1, -0.05) is 6.07 Å². The number of pyridine rings is 1. The number of nitrogens with zero attached hydrogens (tertiary/aromatic N) is 3. The summed E-state index contributed by atoms with van der Waals surface area (Å²) in [4.78, 5) is 33.5. The van der Waals surface area contributed by atoms with Crippen molar-refractivity contribution in [2.75, 3.05) is 32.6 Å². The number of hydrogen-bond acceptors (Lipinski definition) is 5. The van der Waals surface area contributed by atoms with Gasteiger partial charge >= 0.3 is 18.4 Å². The molecule has 3 aromatic rings. The minimum Gasteiger partial charge on any atom is -0.438 e. The van der Waals surface area contributed by atoms with Gasteiger partial charge in [0.05, 0.1) is 40.2 Å². The van der Waals surface area contributed by atoms with Crippen LogP contribution in [0, 0.1) is 12.7 Å². The van der Waals surface area contributed by atoms with Crippen molar-refractivity contribution < 1.29 is 45.1 Å². The van der Waals surface area contributed by atoms with Crippen LogP contribution in [0.15, 0.2) is 48.7 Å². The highest BCUT2D eigenvalue weighted by atomic mass is 19.4. The molecular formula is C33H35F7N4O3. The van der Waals surface area contributed by atoms with Crippen molar-refractivity contribution in [3.63, 3.8) is 0 Å². The van der Waals surface area contributed by atoms with E-state index in [1.807, 2.05) is 0 Å². The fourth-order valence-corrected chi connectivity index (χ4v) is 5.53. The third kappa shape index (κ3) is 7.69. The Bertz CT molecular complexity index is 1620. The third-order valence-electron chi connectivity index (χ3n) is 8.24. The van der Waals surface area contributed by atoms with Crippen LogP contribution in [0.5, 0.6) is 0 Å². The predicted molar refractivity (Wildman–Crippen MR) is 161 cm³/mol. The van der Waals surface area contributed by atoms with Gasteiger partial charge in [-0.3, -0.25) is 9.78 Å². The number of nitrogens with one attached hydrogen (secondary N) is 1. The van der Waals surface area contributed by atoms with Crippen LogP contribution in [0.4, 0.5) is 41.2 Å². The number of likely N-dealkylation sites (N-methyl/N-ethyl adjacent to an activating group) is 1. The number of ether oxygens (including phenoxy) is 1. The Hall–Kier alpha value is -4.20. The molecule has 2 atom stereocenters. The number of halogens is 7. The van der Waals surface area contributed by atoms with E-state index in [0.717, 1.165) is 11.3 Å². The largest absolute Gasteiger partial charge is 0.438 e. The van der Waals surface area contributed by atoms with E-state index >= 15 is 0 Å². The second-order valence-corrected chi connectivity index (χ2v) is 12.3. The molecule has 0 spiro atoms. The van der Waals surface area contributed by atoms with Gasteiger partial charge in [0.1, 0.15) is 5.82 Å². The van der Waals surface area contributed by atoms with Gasteiger partial charge in [0.25, 0.3) is 0 Å². The van der Waals surface area contributed by atoms with E-state index in [4.69, 9.17) is 4.74 Å². The molecule has 1 aromatic heterocycles. The Morgan fingerprint density at radius 2 is 1.51 bits per heavy atom. The molecule has 14 heteroatoms. The van der Waals surface area contributed by atoms with Gasteiger partial charge < -0.3 is 19.9 Å². The topological polar surface area (TPSA) is 74.8 Å². The minimum absolute atomic E-state index is 0.00453. The summed E-state index contributed by atoms with van der Waals surface area (Å²) in [5.41, 5.74) is -3.73. The molecular weight excluding hydrogens is 633 g/mol. The second-order valence-electron chi connectivity index (χ2n) is 12.3. The highest BCUT2D eigenvalue weighted by Gasteiger charge is 2.41. The van der Waals surface area contributed by atoms with Crippen LogP contribution >= 0.6 is 0 Å². The van der Waals surface area contributed by atoms with Crippen LogP contribution in [-0.4, -0.2) is 55.6 Å². The first-order valence-corrected chi connectivity index (χ1v) is 14.7. The highest BCUT2D eigenvalue weighted by Crippen LogP contribution is 2.41. The molecule has 254 valence electrons. The van der Waals surface area contributed by atoms with E-state index in [2.05, 4.69) is 10.3 Å². The quantitative estimate of drug-likeness (QED) is 0.262. The lowest BCUT2D eigenvalue weighted by Crippen LogP contribution is -2.42. The molecule has 1 N–H and O–H groups in total. The molecule has 7 nitrogen and oxygen atoms in total. The van der Waals surface area contributed by atoms with E-state index in [0.29, 0.717) is 47.5 Å². The minimum atomic E-state index is -5.10. The molecule has 0 bridgehead atoms. The average Bonchev–Trinajstić information content (AvgIpc) is 3.52. The summed E-state index contributed by atoms with van der Waals surface area (Å²) in [6, 6.07) is 6.33. The summed E-state index contributed by atoms with van der Waals surface area (Å²) in [6.45, 7) is 4.78. The second kappa shape index (κ2) is 13.1. The van der Waals surface area contributed by atoms with Crippen molar-refractivity contribution in [2.24, 2.45) is 0 Å². The van der Waals surface area contributed by atoms with Gasteiger partial charge in [0.2, 0.25) is 5.91 Å². The molecule has 2 aromatic carbocycles. The lowest BCUT2D eigenvalue weighted by Gasteiger charge is -2.32. The number of hydrogen-bond donors (Lipinski definition) is 1. The van der Waals surface area contributed by atoms with Crippen molar-refractivity contribution in [3.05, 3.63) is 82.4 Å². The van der Waals surface area contributed by atoms with Crippen molar-refractivity contribution in [1.82, 2.24) is 15.2 Å². The number of benzene rings is 2. The molecule has 2 heterocycles. The fraction of sp³-hybridized carbons (Fsp3) is 0.424. The van der Waals surface area contributed by atoms with Crippen molar-refractivity contribution in [2.45, 2.75) is 63.5 Å². The number of rotatable bonds is 7. The summed E-state index contributed by atoms with van der Waals surface area (Å²) in [7, 11) is 4.37. The van der Waals surface area contributed by atoms with E-state index in [-0.39, 0.29) is 17.8 Å². The van der Waals surface area contributed by atoms with Gasteiger partial charge in [0.15, 0.2) is 6.10 Å². The first-order chi connectivity index (χ1) is 21.7. The lowest BCUT2D eigenvalue weighted by molar-refractivity contribution is -0.143. The molecule has 0 radical (unpaired) electrons. The SMILES string of the molecule is Cc1cc(F)ccc1-c1cc(C(OC(=O)N(C)C)C2CCCN2)ncc1N(C)C(=O)C(C)(C)c1cc(C(F)(F)F)cc(C(F)(F)F)c1. The number of anilines is 1. The summed E-state index contributed by atoms with van der Waals surface area (Å²) in [5, 5.41) is 3.29. The van der Waals surface area contributed by atoms with Crippen LogP contribution in [0.3, 0.4) is 0 Å². The monoisotopic (exact) mass is 668 g/mol. The summed E-state index contributed by atoms with van der Waals surface area (Å²) < 4.78 is 102. The summed E-state index contributed by atoms with van der Waals surface area (Å²) in [6.07, 6.45) is -8.88. The summed E-state index contributed by atoms with van der Waals surface area (Å²) in [5.74, 6) is -1.36. The molecule has 2 unspecified atom stereocenters. The molecule has 0 aliphatic carbocycles. The first kappa shape index (κ1) is 35.7. The van der Waals surface area contributed by atoms with Crippen LogP contribution in [-0.2, 0) is 27.3 Å². The molecule has 47 heavy (non-hydrogen) atoms. The Balaban J connectivity index is 1.86.